The summed E-state index contributed by atoms with van der Waals surface area (Å²) in [6, 6.07) is 0. The van der Waals surface area contributed by atoms with Gasteiger partial charge in [0.25, 0.3) is 0 Å². The molecule has 0 spiro atoms. The minimum absolute atomic E-state index is 0.525. The van der Waals surface area contributed by atoms with E-state index in [4.69, 9.17) is 10.2 Å². The van der Waals surface area contributed by atoms with Crippen molar-refractivity contribution in [2.75, 3.05) is 0 Å². The van der Waals surface area contributed by atoms with Crippen molar-refractivity contribution in [1.29, 1.82) is 0 Å². The number of aliphatic carboxylic acids is 2. The van der Waals surface area contributed by atoms with Crippen molar-refractivity contribution in [3.05, 3.63) is 23.8 Å². The summed E-state index contributed by atoms with van der Waals surface area (Å²) in [5.41, 5.74) is -1.05. The van der Waals surface area contributed by atoms with Crippen LogP contribution in [-0.4, -0.2) is 22.2 Å². The normalized spacial score (nSPS) is 24.1. The zero-order chi connectivity index (χ0) is 10.9. The van der Waals surface area contributed by atoms with Gasteiger partial charge in [0, 0.05) is 5.92 Å². The summed E-state index contributed by atoms with van der Waals surface area (Å²) in [7, 11) is 0. The molecule has 0 bridgehead atoms. The van der Waals surface area contributed by atoms with E-state index in [2.05, 4.69) is 0 Å². The Morgan fingerprint density at radius 2 is 1.86 bits per heavy atom. The first kappa shape index (κ1) is 10.5. The van der Waals surface area contributed by atoms with E-state index >= 15 is 0 Å². The van der Waals surface area contributed by atoms with Crippen molar-refractivity contribution in [2.24, 2.45) is 11.3 Å². The van der Waals surface area contributed by atoms with Crippen LogP contribution in [0.15, 0.2) is 23.8 Å². The van der Waals surface area contributed by atoms with Gasteiger partial charge in [0.05, 0.1) is 0 Å². The Morgan fingerprint density at radius 1 is 1.36 bits per heavy atom. The molecule has 14 heavy (non-hydrogen) atoms. The molecule has 0 saturated carbocycles. The molecule has 0 fully saturated rings. The maximum Gasteiger partial charge on any atom is 0.325 e. The lowest BCUT2D eigenvalue weighted by Gasteiger charge is -2.30. The van der Waals surface area contributed by atoms with Gasteiger partial charge in [-0.15, -0.1) is 0 Å². The molecule has 2 N–H and O–H groups in total. The van der Waals surface area contributed by atoms with Crippen LogP contribution in [0.3, 0.4) is 0 Å². The van der Waals surface area contributed by atoms with Gasteiger partial charge in [-0.25, -0.2) is 0 Å². The Hall–Kier alpha value is -1.58. The van der Waals surface area contributed by atoms with Crippen LogP contribution in [0.4, 0.5) is 0 Å². The van der Waals surface area contributed by atoms with Crippen LogP contribution in [0.1, 0.15) is 13.8 Å². The second-order valence-electron chi connectivity index (χ2n) is 3.47. The number of hydrogen-bond acceptors (Lipinski definition) is 2. The molecule has 0 saturated heterocycles. The third-order valence-corrected chi connectivity index (χ3v) is 2.79. The predicted molar refractivity (Wildman–Crippen MR) is 49.8 cm³/mol. The van der Waals surface area contributed by atoms with Crippen LogP contribution in [0.5, 0.6) is 0 Å². The minimum Gasteiger partial charge on any atom is -0.480 e. The molecule has 4 nitrogen and oxygen atoms in total. The number of carboxylic acid groups (broad SMARTS) is 2. The second-order valence-corrected chi connectivity index (χ2v) is 3.47. The first-order valence-electron chi connectivity index (χ1n) is 4.25. The van der Waals surface area contributed by atoms with E-state index < -0.39 is 23.3 Å². The quantitative estimate of drug-likeness (QED) is 0.652. The highest BCUT2D eigenvalue weighted by Crippen LogP contribution is 2.38. The van der Waals surface area contributed by atoms with Crippen molar-refractivity contribution < 1.29 is 19.8 Å². The Labute approximate surface area is 81.6 Å². The summed E-state index contributed by atoms with van der Waals surface area (Å²) in [5.74, 6) is -3.16. The molecule has 0 radical (unpaired) electrons. The fraction of sp³-hybridized carbons (Fsp3) is 0.400. The molecule has 76 valence electrons. The molecule has 0 aromatic rings. The van der Waals surface area contributed by atoms with Crippen LogP contribution < -0.4 is 0 Å². The maximum atomic E-state index is 11.0. The van der Waals surface area contributed by atoms with Gasteiger partial charge < -0.3 is 10.2 Å². The van der Waals surface area contributed by atoms with Crippen molar-refractivity contribution in [2.45, 2.75) is 13.8 Å². The van der Waals surface area contributed by atoms with Gasteiger partial charge in [0.1, 0.15) is 0 Å². The average molecular weight is 196 g/mol. The van der Waals surface area contributed by atoms with Crippen LogP contribution in [0, 0.1) is 11.3 Å². The Bertz CT molecular complexity index is 324. The molecule has 0 aromatic heterocycles. The first-order chi connectivity index (χ1) is 6.43. The lowest BCUT2D eigenvalue weighted by atomic mass is 9.70. The molecule has 0 aromatic carbocycles. The smallest absolute Gasteiger partial charge is 0.325 e. The van der Waals surface area contributed by atoms with Gasteiger partial charge in [0.15, 0.2) is 5.41 Å². The predicted octanol–water partition coefficient (Wildman–Crippen LogP) is 1.29. The second kappa shape index (κ2) is 3.29. The summed E-state index contributed by atoms with van der Waals surface area (Å²) < 4.78 is 0. The largest absolute Gasteiger partial charge is 0.480 e. The lowest BCUT2D eigenvalue weighted by molar-refractivity contribution is -0.163. The number of carbonyl (C=O) groups is 2. The summed E-state index contributed by atoms with van der Waals surface area (Å²) in [5, 5.41) is 18.0. The first-order valence-corrected chi connectivity index (χ1v) is 4.25. The van der Waals surface area contributed by atoms with E-state index in [1.54, 1.807) is 19.9 Å². The van der Waals surface area contributed by atoms with Gasteiger partial charge >= 0.3 is 11.9 Å². The molecule has 1 rings (SSSR count). The number of rotatable bonds is 2. The zero-order valence-corrected chi connectivity index (χ0v) is 8.02. The molecule has 0 amide bonds. The fourth-order valence-corrected chi connectivity index (χ4v) is 1.60. The molecule has 1 unspecified atom stereocenters. The molecule has 1 atom stereocenters. The third kappa shape index (κ3) is 1.23. The van der Waals surface area contributed by atoms with Crippen LogP contribution in [0.2, 0.25) is 0 Å². The average Bonchev–Trinajstić information content (AvgIpc) is 2.08. The molecule has 0 aliphatic heterocycles. The Morgan fingerprint density at radius 3 is 2.21 bits per heavy atom. The topological polar surface area (TPSA) is 74.6 Å². The van der Waals surface area contributed by atoms with E-state index in [9.17, 15) is 9.59 Å². The Kier molecular flexibility index (Phi) is 2.47. The van der Waals surface area contributed by atoms with Crippen molar-refractivity contribution in [1.82, 2.24) is 0 Å². The number of hydrogen-bond donors (Lipinski definition) is 2. The molecule has 1 aliphatic rings. The molecular weight excluding hydrogens is 184 g/mol. The Balaban J connectivity index is 3.26. The lowest BCUT2D eigenvalue weighted by Crippen LogP contribution is -2.44. The van der Waals surface area contributed by atoms with Crippen LogP contribution >= 0.6 is 0 Å². The standard InChI is InChI=1S/C10H12O4/c1-6-4-3-5-10(7(6)2,8(11)12)9(13)14/h3-5,7H,1-2H3,(H,11,12)(H,13,14). The van der Waals surface area contributed by atoms with Gasteiger partial charge in [-0.05, 0) is 6.92 Å². The van der Waals surface area contributed by atoms with E-state index in [0.717, 1.165) is 5.57 Å². The summed E-state index contributed by atoms with van der Waals surface area (Å²) >= 11 is 0. The van der Waals surface area contributed by atoms with Crippen molar-refractivity contribution >= 4 is 11.9 Å². The van der Waals surface area contributed by atoms with Gasteiger partial charge in [0.2, 0.25) is 0 Å². The summed E-state index contributed by atoms with van der Waals surface area (Å²) in [6.07, 6.45) is 4.45. The van der Waals surface area contributed by atoms with Crippen molar-refractivity contribution in [3.63, 3.8) is 0 Å². The fourth-order valence-electron chi connectivity index (χ4n) is 1.60. The number of carboxylic acids is 2. The van der Waals surface area contributed by atoms with Crippen LogP contribution in [0.25, 0.3) is 0 Å². The highest BCUT2D eigenvalue weighted by Gasteiger charge is 2.50. The SMILES string of the molecule is CC1=CC=CC(C(=O)O)(C(=O)O)C1C. The van der Waals surface area contributed by atoms with Gasteiger partial charge in [-0.2, -0.15) is 0 Å². The minimum atomic E-state index is -1.81. The van der Waals surface area contributed by atoms with Gasteiger partial charge in [-0.1, -0.05) is 30.7 Å². The van der Waals surface area contributed by atoms with Crippen molar-refractivity contribution in [3.8, 4) is 0 Å². The van der Waals surface area contributed by atoms with Crippen LogP contribution in [-0.2, 0) is 9.59 Å². The monoisotopic (exact) mass is 196 g/mol. The zero-order valence-electron chi connectivity index (χ0n) is 8.02. The highest BCUT2D eigenvalue weighted by molar-refractivity contribution is 6.01. The van der Waals surface area contributed by atoms with E-state index in [0.29, 0.717) is 0 Å². The summed E-state index contributed by atoms with van der Waals surface area (Å²) in [6.45, 7) is 3.34. The van der Waals surface area contributed by atoms with Gasteiger partial charge in [-0.3, -0.25) is 9.59 Å². The molecule has 1 aliphatic carbocycles. The van der Waals surface area contributed by atoms with E-state index in [-0.39, 0.29) is 0 Å². The maximum absolute atomic E-state index is 11.0. The molecule has 0 heterocycles. The van der Waals surface area contributed by atoms with E-state index in [1.807, 2.05) is 0 Å². The third-order valence-electron chi connectivity index (χ3n) is 2.79. The highest BCUT2D eigenvalue weighted by atomic mass is 16.4. The summed E-state index contributed by atoms with van der Waals surface area (Å²) in [4.78, 5) is 22.0. The molecule has 4 heteroatoms. The number of allylic oxidation sites excluding steroid dienone is 3. The van der Waals surface area contributed by atoms with E-state index in [1.165, 1.54) is 12.2 Å². The molecular formula is C10H12O4.